The van der Waals surface area contributed by atoms with Crippen molar-refractivity contribution in [2.24, 2.45) is 0 Å². The fourth-order valence-corrected chi connectivity index (χ4v) is 4.56. The summed E-state index contributed by atoms with van der Waals surface area (Å²) in [5.74, 6) is 0. The van der Waals surface area contributed by atoms with Crippen LogP contribution < -0.4 is 33.6 Å². The lowest BCUT2D eigenvalue weighted by Gasteiger charge is -1.91. The number of benzene rings is 2. The van der Waals surface area contributed by atoms with Gasteiger partial charge in [0.1, 0.15) is 0 Å². The first kappa shape index (κ1) is 9.99. The maximum Gasteiger partial charge on any atom is 0.359 e. The zero-order valence-corrected chi connectivity index (χ0v) is 10.3. The third-order valence-electron chi connectivity index (χ3n) is 2.24. The van der Waals surface area contributed by atoms with Gasteiger partial charge < -0.3 is 12.4 Å². The van der Waals surface area contributed by atoms with Crippen molar-refractivity contribution in [3.8, 4) is 11.1 Å². The third-order valence-corrected chi connectivity index (χ3v) is 5.29. The molecule has 0 atom stereocenters. The molecule has 0 saturated heterocycles. The molecular formula is C12H8ClI. The van der Waals surface area contributed by atoms with E-state index in [1.54, 1.807) is 7.14 Å². The first-order chi connectivity index (χ1) is 6.45. The molecule has 0 nitrogen and oxygen atoms in total. The van der Waals surface area contributed by atoms with E-state index in [-0.39, 0.29) is 33.6 Å². The molecular weight excluding hydrogens is 306 g/mol. The van der Waals surface area contributed by atoms with E-state index in [2.05, 4.69) is 48.5 Å². The predicted octanol–water partition coefficient (Wildman–Crippen LogP) is -3.20. The van der Waals surface area contributed by atoms with Gasteiger partial charge in [-0.2, -0.15) is 0 Å². The molecule has 3 rings (SSSR count). The van der Waals surface area contributed by atoms with Crippen molar-refractivity contribution in [1.29, 1.82) is 0 Å². The summed E-state index contributed by atoms with van der Waals surface area (Å²) in [6.45, 7) is 0. The molecule has 1 aliphatic rings. The van der Waals surface area contributed by atoms with Crippen LogP contribution in [-0.4, -0.2) is 0 Å². The molecule has 0 unspecified atom stereocenters. The SMILES string of the molecule is [Cl-].c1ccc2c(c1)[I+]c1ccccc1-2. The van der Waals surface area contributed by atoms with Crippen molar-refractivity contribution in [3.05, 3.63) is 55.7 Å². The van der Waals surface area contributed by atoms with Crippen LogP contribution in [-0.2, 0) is 0 Å². The minimum absolute atomic E-state index is 0. The Labute approximate surface area is 100 Å². The molecule has 0 saturated carbocycles. The number of halogens is 2. The van der Waals surface area contributed by atoms with Gasteiger partial charge in [0.05, 0.1) is 0 Å². The molecule has 0 N–H and O–H groups in total. The van der Waals surface area contributed by atoms with E-state index in [9.17, 15) is 0 Å². The first-order valence-corrected chi connectivity index (χ1v) is 6.44. The summed E-state index contributed by atoms with van der Waals surface area (Å²) in [6.07, 6.45) is 0. The van der Waals surface area contributed by atoms with E-state index in [1.165, 1.54) is 11.1 Å². The topological polar surface area (TPSA) is 0 Å². The summed E-state index contributed by atoms with van der Waals surface area (Å²) < 4.78 is 3.14. The zero-order valence-electron chi connectivity index (χ0n) is 7.37. The van der Waals surface area contributed by atoms with Crippen LogP contribution in [0.15, 0.2) is 48.5 Å². The van der Waals surface area contributed by atoms with Gasteiger partial charge in [0.25, 0.3) is 0 Å². The van der Waals surface area contributed by atoms with E-state index < -0.39 is 0 Å². The lowest BCUT2D eigenvalue weighted by Crippen LogP contribution is -3.61. The molecule has 0 bridgehead atoms. The van der Waals surface area contributed by atoms with Gasteiger partial charge in [-0.3, -0.25) is 0 Å². The van der Waals surface area contributed by atoms with Crippen molar-refractivity contribution in [2.45, 2.75) is 0 Å². The van der Waals surface area contributed by atoms with E-state index in [0.29, 0.717) is 0 Å². The Kier molecular flexibility index (Phi) is 2.79. The number of hydrogen-bond acceptors (Lipinski definition) is 0. The Balaban J connectivity index is 0.000000750. The molecule has 0 aliphatic carbocycles. The Morgan fingerprint density at radius 3 is 1.57 bits per heavy atom. The van der Waals surface area contributed by atoms with Gasteiger partial charge in [-0.1, -0.05) is 24.3 Å². The van der Waals surface area contributed by atoms with E-state index in [0.717, 1.165) is 0 Å². The fraction of sp³-hybridized carbons (Fsp3) is 0. The van der Waals surface area contributed by atoms with Gasteiger partial charge >= 0.3 is 21.2 Å². The Morgan fingerprint density at radius 2 is 1.07 bits per heavy atom. The average molecular weight is 315 g/mol. The van der Waals surface area contributed by atoms with E-state index in [4.69, 9.17) is 0 Å². The van der Waals surface area contributed by atoms with Crippen molar-refractivity contribution in [2.75, 3.05) is 0 Å². The molecule has 70 valence electrons. The lowest BCUT2D eigenvalue weighted by molar-refractivity contribution is -0.589. The highest BCUT2D eigenvalue weighted by atomic mass is 127. The van der Waals surface area contributed by atoms with Gasteiger partial charge in [0.15, 0.2) is 0 Å². The summed E-state index contributed by atoms with van der Waals surface area (Å²) in [4.78, 5) is 0. The van der Waals surface area contributed by atoms with Crippen LogP contribution in [0.2, 0.25) is 0 Å². The van der Waals surface area contributed by atoms with Gasteiger partial charge in [-0.05, 0) is 24.3 Å². The smallest absolute Gasteiger partial charge is 0.359 e. The number of fused-ring (bicyclic) bond motifs is 3. The molecule has 2 heteroatoms. The van der Waals surface area contributed by atoms with Crippen molar-refractivity contribution < 1.29 is 33.6 Å². The number of rotatable bonds is 0. The third kappa shape index (κ3) is 1.44. The molecule has 0 amide bonds. The van der Waals surface area contributed by atoms with E-state index in [1.807, 2.05) is 0 Å². The minimum Gasteiger partial charge on any atom is -1.00 e. The second-order valence-corrected chi connectivity index (χ2v) is 5.92. The molecule has 1 heterocycles. The maximum atomic E-state index is 2.27. The van der Waals surface area contributed by atoms with Crippen LogP contribution in [0.4, 0.5) is 0 Å². The molecule has 1 aliphatic heterocycles. The molecule has 0 spiro atoms. The molecule has 2 aromatic rings. The van der Waals surface area contributed by atoms with Gasteiger partial charge in [-0.25, -0.2) is 0 Å². The van der Waals surface area contributed by atoms with E-state index >= 15 is 0 Å². The maximum absolute atomic E-state index is 2.27. The fourth-order valence-electron chi connectivity index (χ4n) is 1.63. The van der Waals surface area contributed by atoms with Crippen LogP contribution in [0, 0.1) is 7.14 Å². The second kappa shape index (κ2) is 3.91. The second-order valence-electron chi connectivity index (χ2n) is 3.05. The Hall–Kier alpha value is -0.540. The van der Waals surface area contributed by atoms with Crippen molar-refractivity contribution in [1.82, 2.24) is 0 Å². The lowest BCUT2D eigenvalue weighted by atomic mass is 10.1. The van der Waals surface area contributed by atoms with Crippen molar-refractivity contribution in [3.63, 3.8) is 0 Å². The molecule has 2 aromatic carbocycles. The van der Waals surface area contributed by atoms with Crippen LogP contribution in [0.25, 0.3) is 11.1 Å². The molecule has 14 heavy (non-hydrogen) atoms. The normalized spacial score (nSPS) is 11.4. The summed E-state index contributed by atoms with van der Waals surface area (Å²) in [5, 5.41) is 0. The highest BCUT2D eigenvalue weighted by Crippen LogP contribution is 2.21. The van der Waals surface area contributed by atoms with Gasteiger partial charge in [-0.15, -0.1) is 0 Å². The Morgan fingerprint density at radius 1 is 0.643 bits per heavy atom. The minimum atomic E-state index is 0. The molecule has 0 radical (unpaired) electrons. The quantitative estimate of drug-likeness (QED) is 0.384. The van der Waals surface area contributed by atoms with Crippen LogP contribution in [0.3, 0.4) is 0 Å². The summed E-state index contributed by atoms with van der Waals surface area (Å²) >= 11 is 0.103. The number of hydrogen-bond donors (Lipinski definition) is 0. The Bertz CT molecular complexity index is 422. The van der Waals surface area contributed by atoms with Crippen LogP contribution in [0.5, 0.6) is 0 Å². The molecule has 0 aromatic heterocycles. The van der Waals surface area contributed by atoms with Crippen molar-refractivity contribution >= 4 is 0 Å². The predicted molar refractivity (Wildman–Crippen MR) is 49.3 cm³/mol. The summed E-state index contributed by atoms with van der Waals surface area (Å²) in [7, 11) is 0. The standard InChI is InChI=1S/C12H8I.ClH/c1-3-7-11-9(5-1)10-6-2-4-8-12(10)13-11;/h1-8H;1H/q+1;/p-1. The van der Waals surface area contributed by atoms with Gasteiger partial charge in [0.2, 0.25) is 7.14 Å². The highest BCUT2D eigenvalue weighted by molar-refractivity contribution is 5.64. The largest absolute Gasteiger partial charge is 1.00 e. The summed E-state index contributed by atoms with van der Waals surface area (Å²) in [5.41, 5.74) is 2.93. The van der Waals surface area contributed by atoms with Gasteiger partial charge in [0, 0.05) is 11.1 Å². The zero-order chi connectivity index (χ0) is 8.67. The van der Waals surface area contributed by atoms with Crippen LogP contribution in [0.1, 0.15) is 0 Å². The molecule has 0 fully saturated rings. The highest BCUT2D eigenvalue weighted by Gasteiger charge is 2.31. The van der Waals surface area contributed by atoms with Crippen LogP contribution >= 0.6 is 0 Å². The monoisotopic (exact) mass is 314 g/mol. The summed E-state index contributed by atoms with van der Waals surface area (Å²) in [6, 6.07) is 17.6. The first-order valence-electron chi connectivity index (χ1n) is 4.28. The average Bonchev–Trinajstić information content (AvgIpc) is 2.56.